The fourth-order valence-corrected chi connectivity index (χ4v) is 12.0. The van der Waals surface area contributed by atoms with Crippen LogP contribution in [0.25, 0.3) is 0 Å². The summed E-state index contributed by atoms with van der Waals surface area (Å²) in [6, 6.07) is -12.2. The Labute approximate surface area is 595 Å². The second-order valence-electron chi connectivity index (χ2n) is 29.3. The zero-order chi connectivity index (χ0) is 77.1. The number of nitrogens with zero attached hydrogens (tertiary/aromatic N) is 6. The maximum atomic E-state index is 15.1. The summed E-state index contributed by atoms with van der Waals surface area (Å²) < 4.78 is 11.1. The maximum Gasteiger partial charge on any atom is 0.329 e. The van der Waals surface area contributed by atoms with Gasteiger partial charge in [-0.25, -0.2) is 4.79 Å². The lowest BCUT2D eigenvalue weighted by Crippen LogP contribution is -2.61. The second-order valence-corrected chi connectivity index (χ2v) is 29.3. The third-order valence-corrected chi connectivity index (χ3v) is 18.9. The van der Waals surface area contributed by atoms with Crippen molar-refractivity contribution in [1.82, 2.24) is 66.6 Å². The summed E-state index contributed by atoms with van der Waals surface area (Å²) in [4.78, 5) is 207. The van der Waals surface area contributed by atoms with E-state index in [2.05, 4.69) is 37.2 Å². The van der Waals surface area contributed by atoms with Crippen LogP contribution in [0, 0.1) is 47.3 Å². The minimum Gasteiger partial charge on any atom is -0.458 e. The normalized spacial score (nSPS) is 24.8. The molecule has 0 aliphatic carbocycles. The van der Waals surface area contributed by atoms with Crippen molar-refractivity contribution < 1.29 is 76.6 Å². The molecular weight excluding hydrogens is 1290 g/mol. The van der Waals surface area contributed by atoms with Gasteiger partial charge in [0.05, 0.1) is 0 Å². The van der Waals surface area contributed by atoms with Crippen molar-refractivity contribution in [3.63, 3.8) is 0 Å². The lowest BCUT2D eigenvalue weighted by atomic mass is 9.94. The van der Waals surface area contributed by atoms with E-state index in [0.717, 1.165) is 4.90 Å². The largest absolute Gasteiger partial charge is 0.458 e. The molecule has 572 valence electrons. The van der Waals surface area contributed by atoms with Crippen LogP contribution in [-0.4, -0.2) is 254 Å². The van der Waals surface area contributed by atoms with Crippen LogP contribution in [0.2, 0.25) is 0 Å². The van der Waals surface area contributed by atoms with E-state index in [9.17, 15) is 62.3 Å². The number of carbonyl (C=O) groups is 14. The molecule has 0 spiro atoms. The van der Waals surface area contributed by atoms with E-state index in [0.29, 0.717) is 19.3 Å². The van der Waals surface area contributed by atoms with Crippen molar-refractivity contribution in [2.75, 3.05) is 75.6 Å². The summed E-state index contributed by atoms with van der Waals surface area (Å²) >= 11 is 0. The Balaban J connectivity index is 4.23. The SMILES string of the molecule is CC[C@H](C)C1C(=O)NCCC(=O)N[C@H]([C@@H](C)CC)C(=O)N(C)[C@@H](C(C)C)C(=O)N(C)[C@@H](C)C(=O)NCCC(=O)N[C@@H](CC(C)C)C(=O)N(C)[C@H]([C@@H](C)CC)C(=O)O[C@H](C)[C@H](NC(=O)[C@@H](CC(C)C)N(C)C(=O)[C@@H](NC(=O)COC)C(C)C)C(=O)N(C)CCC(=O)N[C@H](CC(C)C)C(=O)N1C. The molecule has 7 N–H and O–H groups in total. The molecule has 1 unspecified atom stereocenters. The highest BCUT2D eigenvalue weighted by Gasteiger charge is 2.44. The van der Waals surface area contributed by atoms with Gasteiger partial charge in [-0.2, -0.15) is 0 Å². The van der Waals surface area contributed by atoms with E-state index in [1.165, 1.54) is 87.7 Å². The molecule has 0 saturated carbocycles. The molecule has 13 amide bonds. The summed E-state index contributed by atoms with van der Waals surface area (Å²) in [5.74, 6) is -12.3. The van der Waals surface area contributed by atoms with E-state index in [1.54, 1.807) is 55.4 Å². The number of nitrogens with one attached hydrogen (secondary N) is 7. The first-order valence-corrected chi connectivity index (χ1v) is 35.8. The number of hydrogen-bond acceptors (Lipinski definition) is 16. The number of carbonyl (C=O) groups excluding carboxylic acids is 14. The molecule has 0 aromatic carbocycles. The summed E-state index contributed by atoms with van der Waals surface area (Å²) in [5, 5.41) is 19.3. The molecule has 1 aliphatic rings. The lowest BCUT2D eigenvalue weighted by Gasteiger charge is -2.37. The summed E-state index contributed by atoms with van der Waals surface area (Å²) in [7, 11) is 9.79. The number of ether oxygens (including phenoxy) is 2. The van der Waals surface area contributed by atoms with Gasteiger partial charge in [-0.05, 0) is 80.5 Å². The van der Waals surface area contributed by atoms with Gasteiger partial charge in [0, 0.05) is 88.3 Å². The summed E-state index contributed by atoms with van der Waals surface area (Å²) in [5.41, 5.74) is 0. The Morgan fingerprint density at radius 2 is 1.03 bits per heavy atom. The van der Waals surface area contributed by atoms with Gasteiger partial charge >= 0.3 is 5.97 Å². The van der Waals surface area contributed by atoms with Crippen LogP contribution in [-0.2, 0) is 76.6 Å². The van der Waals surface area contributed by atoms with E-state index in [1.807, 2.05) is 55.4 Å². The van der Waals surface area contributed by atoms with Gasteiger partial charge in [0.1, 0.15) is 73.1 Å². The molecule has 1 heterocycles. The van der Waals surface area contributed by atoms with Crippen LogP contribution in [0.5, 0.6) is 0 Å². The standard InChI is InChI=1S/C71H127N13O16/c1-26-44(14)57-69(96)82(22)59(43(12)13)70(97)80(20)47(17)62(89)72-32-29-52(85)74-50(36-40(6)7)66(93)84(24)61(46(16)28-3)71(98)100-48(18)58(78-63(90)51(37-41(8)9)81(21)68(95)56(42(10)11)77-55(88)38-99-25)67(94)79(19)34-31-54(87)75-49(35-39(4)5)65(92)83(23)60(45(15)27-2)64(91)73-33-30-53(86)76-57/h39-51,56-61H,26-38H2,1-25H3,(H,72,89)(H,73,91)(H,74,85)(H,75,87)(H,76,86)(H,77,88)(H,78,90)/t44-,45-,46-,47-,48+,49+,50-,51+,56-,57+,58-,59-,60?,61+/m0/s1. The Morgan fingerprint density at radius 3 is 1.49 bits per heavy atom. The fraction of sp³-hybridized carbons (Fsp3) is 0.803. The Kier molecular flexibility index (Phi) is 39.3. The number of amides is 13. The van der Waals surface area contributed by atoms with Gasteiger partial charge in [0.15, 0.2) is 0 Å². The third-order valence-electron chi connectivity index (χ3n) is 18.9. The number of rotatable bonds is 21. The van der Waals surface area contributed by atoms with Crippen LogP contribution in [0.3, 0.4) is 0 Å². The topological polar surface area (TPSA) is 361 Å². The van der Waals surface area contributed by atoms with Crippen molar-refractivity contribution in [3.8, 4) is 0 Å². The minimum atomic E-state index is -1.71. The van der Waals surface area contributed by atoms with Gasteiger partial charge < -0.3 is 76.1 Å². The van der Waals surface area contributed by atoms with Gasteiger partial charge in [-0.3, -0.25) is 62.3 Å². The first-order chi connectivity index (χ1) is 46.5. The molecule has 1 aliphatic heterocycles. The highest BCUT2D eigenvalue weighted by atomic mass is 16.5. The molecule has 0 bridgehead atoms. The van der Waals surface area contributed by atoms with Crippen molar-refractivity contribution >= 4 is 82.8 Å². The van der Waals surface area contributed by atoms with E-state index < -0.39 is 185 Å². The van der Waals surface area contributed by atoms with E-state index >= 15 is 4.79 Å². The number of likely N-dealkylation sites (N-methyl/N-ethyl adjacent to an activating group) is 6. The smallest absolute Gasteiger partial charge is 0.329 e. The average Bonchev–Trinajstić information content (AvgIpc) is 0.830. The fourth-order valence-electron chi connectivity index (χ4n) is 12.0. The van der Waals surface area contributed by atoms with E-state index in [-0.39, 0.29) is 76.1 Å². The third kappa shape index (κ3) is 27.5. The summed E-state index contributed by atoms with van der Waals surface area (Å²) in [6.45, 7) is 30.5. The predicted molar refractivity (Wildman–Crippen MR) is 379 cm³/mol. The van der Waals surface area contributed by atoms with Crippen LogP contribution < -0.4 is 37.2 Å². The van der Waals surface area contributed by atoms with Crippen LogP contribution >= 0.6 is 0 Å². The Bertz CT molecular complexity index is 2760. The Morgan fingerprint density at radius 1 is 0.570 bits per heavy atom. The zero-order valence-electron chi connectivity index (χ0n) is 64.9. The van der Waals surface area contributed by atoms with Gasteiger partial charge in [-0.1, -0.05) is 130 Å². The molecule has 1 fully saturated rings. The first-order valence-electron chi connectivity index (χ1n) is 35.8. The quantitative estimate of drug-likeness (QED) is 0.0812. The van der Waals surface area contributed by atoms with Gasteiger partial charge in [-0.15, -0.1) is 0 Å². The maximum absolute atomic E-state index is 15.1. The second kappa shape index (κ2) is 43.4. The zero-order valence-corrected chi connectivity index (χ0v) is 64.9. The van der Waals surface area contributed by atoms with Crippen molar-refractivity contribution in [2.45, 2.75) is 249 Å². The van der Waals surface area contributed by atoms with Crippen LogP contribution in [0.15, 0.2) is 0 Å². The summed E-state index contributed by atoms with van der Waals surface area (Å²) in [6.07, 6.45) is -0.949. The molecule has 0 aromatic heterocycles. The molecule has 0 aromatic rings. The molecular formula is C71H127N13O16. The molecule has 1 rings (SSSR count). The highest BCUT2D eigenvalue weighted by molar-refractivity contribution is 5.98. The van der Waals surface area contributed by atoms with Gasteiger partial charge in [0.25, 0.3) is 0 Å². The molecule has 14 atom stereocenters. The van der Waals surface area contributed by atoms with Crippen molar-refractivity contribution in [1.29, 1.82) is 0 Å². The molecule has 100 heavy (non-hydrogen) atoms. The van der Waals surface area contributed by atoms with Crippen molar-refractivity contribution in [3.05, 3.63) is 0 Å². The predicted octanol–water partition coefficient (Wildman–Crippen LogP) is 2.61. The molecule has 1 saturated heterocycles. The minimum absolute atomic E-state index is 0.0632. The van der Waals surface area contributed by atoms with Crippen LogP contribution in [0.4, 0.5) is 0 Å². The van der Waals surface area contributed by atoms with E-state index in [4.69, 9.17) is 9.47 Å². The monoisotopic (exact) mass is 1420 g/mol. The molecule has 0 radical (unpaired) electrons. The molecule has 29 nitrogen and oxygen atoms in total. The van der Waals surface area contributed by atoms with Crippen molar-refractivity contribution in [2.24, 2.45) is 47.3 Å². The Hall–Kier alpha value is -7.46. The number of cyclic esters (lactones) is 1. The molecule has 29 heteroatoms. The average molecular weight is 1420 g/mol. The van der Waals surface area contributed by atoms with Crippen LogP contribution in [0.1, 0.15) is 182 Å². The number of esters is 1. The number of methoxy groups -OCH3 is 1. The van der Waals surface area contributed by atoms with Gasteiger partial charge in [0.2, 0.25) is 76.8 Å². The first kappa shape index (κ1) is 90.6. The number of hydrogen-bond donors (Lipinski definition) is 7. The lowest BCUT2D eigenvalue weighted by molar-refractivity contribution is -0.164. The highest BCUT2D eigenvalue weighted by Crippen LogP contribution is 2.24.